The lowest BCUT2D eigenvalue weighted by atomic mass is 10.2. The molecule has 2 N–H and O–H groups in total. The van der Waals surface area contributed by atoms with Crippen molar-refractivity contribution in [2.24, 2.45) is 5.73 Å². The van der Waals surface area contributed by atoms with Crippen molar-refractivity contribution < 1.29 is 9.53 Å². The first-order valence-electron chi connectivity index (χ1n) is 7.13. The normalized spacial score (nSPS) is 16.0. The van der Waals surface area contributed by atoms with Gasteiger partial charge in [-0.15, -0.1) is 0 Å². The quantitative estimate of drug-likeness (QED) is 0.875. The first-order chi connectivity index (χ1) is 9.90. The Bertz CT molecular complexity index is 492. The van der Waals surface area contributed by atoms with Crippen LogP contribution in [0.5, 0.6) is 0 Å². The van der Waals surface area contributed by atoms with Gasteiger partial charge >= 0.3 is 6.09 Å². The number of hydrogen-bond donors (Lipinski definition) is 1. The predicted octanol–water partition coefficient (Wildman–Crippen LogP) is 0.992. The van der Waals surface area contributed by atoms with Gasteiger partial charge in [0.2, 0.25) is 0 Å². The number of aromatic nitrogens is 2. The van der Waals surface area contributed by atoms with Crippen LogP contribution in [0.2, 0.25) is 0 Å². The third-order valence-corrected chi connectivity index (χ3v) is 3.18. The topological polar surface area (TPSA) is 84.6 Å². The van der Waals surface area contributed by atoms with Crippen molar-refractivity contribution in [3.8, 4) is 0 Å². The van der Waals surface area contributed by atoms with Crippen LogP contribution in [-0.2, 0) is 11.3 Å². The van der Waals surface area contributed by atoms with Gasteiger partial charge in [0, 0.05) is 45.1 Å². The van der Waals surface area contributed by atoms with Crippen LogP contribution in [0.4, 0.5) is 10.6 Å². The Hall–Kier alpha value is -1.89. The Morgan fingerprint density at radius 1 is 1.24 bits per heavy atom. The van der Waals surface area contributed by atoms with Gasteiger partial charge in [0.1, 0.15) is 5.60 Å². The number of nitrogens with zero attached hydrogens (tertiary/aromatic N) is 4. The molecule has 7 heteroatoms. The number of hydrogen-bond acceptors (Lipinski definition) is 6. The summed E-state index contributed by atoms with van der Waals surface area (Å²) in [6, 6.07) is 0. The van der Waals surface area contributed by atoms with Gasteiger partial charge in [0.15, 0.2) is 5.82 Å². The molecule has 0 unspecified atom stereocenters. The molecule has 21 heavy (non-hydrogen) atoms. The molecule has 0 atom stereocenters. The minimum atomic E-state index is -0.466. The van der Waals surface area contributed by atoms with Crippen molar-refractivity contribution in [2.75, 3.05) is 31.1 Å². The zero-order valence-corrected chi connectivity index (χ0v) is 12.9. The molecular formula is C14H23N5O2. The minimum absolute atomic E-state index is 0.264. The van der Waals surface area contributed by atoms with Gasteiger partial charge in [-0.2, -0.15) is 0 Å². The van der Waals surface area contributed by atoms with Gasteiger partial charge in [-0.25, -0.2) is 9.78 Å². The van der Waals surface area contributed by atoms with Gasteiger partial charge in [-0.3, -0.25) is 4.98 Å². The fourth-order valence-corrected chi connectivity index (χ4v) is 2.19. The number of amides is 1. The number of piperazine rings is 1. The zero-order valence-electron chi connectivity index (χ0n) is 12.9. The first kappa shape index (κ1) is 15.5. The fraction of sp³-hybridized carbons (Fsp3) is 0.643. The standard InChI is InChI=1S/C14H23N5O2/c1-14(2,3)21-13(20)19-8-6-18(7-9-19)12-11(10-15)16-4-5-17-12/h4-5H,6-10,15H2,1-3H3. The van der Waals surface area contributed by atoms with E-state index < -0.39 is 5.60 Å². The molecule has 1 amide bonds. The first-order valence-corrected chi connectivity index (χ1v) is 7.13. The molecule has 2 heterocycles. The predicted molar refractivity (Wildman–Crippen MR) is 79.9 cm³/mol. The van der Waals surface area contributed by atoms with E-state index in [2.05, 4.69) is 14.9 Å². The van der Waals surface area contributed by atoms with Crippen LogP contribution < -0.4 is 10.6 Å². The van der Waals surface area contributed by atoms with Crippen molar-refractivity contribution >= 4 is 11.9 Å². The van der Waals surface area contributed by atoms with Crippen LogP contribution in [0.25, 0.3) is 0 Å². The Morgan fingerprint density at radius 3 is 2.43 bits per heavy atom. The summed E-state index contributed by atoms with van der Waals surface area (Å²) in [5.41, 5.74) is 6.00. The summed E-state index contributed by atoms with van der Waals surface area (Å²) in [7, 11) is 0. The SMILES string of the molecule is CC(C)(C)OC(=O)N1CCN(c2nccnc2CN)CC1. The second kappa shape index (κ2) is 6.26. The summed E-state index contributed by atoms with van der Waals surface area (Å²) in [4.78, 5) is 24.4. The van der Waals surface area contributed by atoms with Crippen molar-refractivity contribution in [2.45, 2.75) is 32.9 Å². The number of carbonyl (C=O) groups is 1. The Labute approximate surface area is 125 Å². The molecule has 2 rings (SSSR count). The highest BCUT2D eigenvalue weighted by molar-refractivity contribution is 5.68. The monoisotopic (exact) mass is 293 g/mol. The second-order valence-electron chi connectivity index (χ2n) is 5.99. The van der Waals surface area contributed by atoms with E-state index in [1.54, 1.807) is 17.3 Å². The summed E-state index contributed by atoms with van der Waals surface area (Å²) in [5, 5.41) is 0. The lowest BCUT2D eigenvalue weighted by Gasteiger charge is -2.36. The van der Waals surface area contributed by atoms with Gasteiger partial charge in [0.25, 0.3) is 0 Å². The molecule has 1 aromatic rings. The van der Waals surface area contributed by atoms with Crippen LogP contribution in [0.1, 0.15) is 26.5 Å². The van der Waals surface area contributed by atoms with E-state index in [1.807, 2.05) is 20.8 Å². The summed E-state index contributed by atoms with van der Waals surface area (Å²) < 4.78 is 5.38. The maximum absolute atomic E-state index is 12.0. The smallest absolute Gasteiger partial charge is 0.410 e. The van der Waals surface area contributed by atoms with E-state index in [0.717, 1.165) is 11.5 Å². The molecule has 0 saturated carbocycles. The molecule has 7 nitrogen and oxygen atoms in total. The summed E-state index contributed by atoms with van der Waals surface area (Å²) in [6.45, 7) is 8.58. The van der Waals surface area contributed by atoms with Crippen LogP contribution in [0.15, 0.2) is 12.4 Å². The lowest BCUT2D eigenvalue weighted by molar-refractivity contribution is 0.0240. The number of rotatable bonds is 2. The molecule has 0 spiro atoms. The highest BCUT2D eigenvalue weighted by Crippen LogP contribution is 2.18. The van der Waals surface area contributed by atoms with Gasteiger partial charge in [-0.1, -0.05) is 0 Å². The molecule has 116 valence electrons. The number of carbonyl (C=O) groups excluding carboxylic acids is 1. The van der Waals surface area contributed by atoms with Gasteiger partial charge in [-0.05, 0) is 20.8 Å². The molecule has 0 aromatic carbocycles. The summed E-state index contributed by atoms with van der Waals surface area (Å²) >= 11 is 0. The lowest BCUT2D eigenvalue weighted by Crippen LogP contribution is -2.50. The van der Waals surface area contributed by atoms with E-state index in [-0.39, 0.29) is 6.09 Å². The molecule has 1 aliphatic rings. The van der Waals surface area contributed by atoms with Crippen molar-refractivity contribution in [3.63, 3.8) is 0 Å². The number of ether oxygens (including phenoxy) is 1. The van der Waals surface area contributed by atoms with E-state index in [9.17, 15) is 4.79 Å². The van der Waals surface area contributed by atoms with Crippen molar-refractivity contribution in [1.29, 1.82) is 0 Å². The van der Waals surface area contributed by atoms with Crippen molar-refractivity contribution in [1.82, 2.24) is 14.9 Å². The third kappa shape index (κ3) is 4.04. The van der Waals surface area contributed by atoms with Crippen LogP contribution in [0.3, 0.4) is 0 Å². The molecule has 1 aromatic heterocycles. The van der Waals surface area contributed by atoms with Gasteiger partial charge < -0.3 is 20.3 Å². The molecule has 1 saturated heterocycles. The highest BCUT2D eigenvalue weighted by Gasteiger charge is 2.27. The number of anilines is 1. The maximum atomic E-state index is 12.0. The fourth-order valence-electron chi connectivity index (χ4n) is 2.19. The van der Waals surface area contributed by atoms with E-state index in [1.165, 1.54) is 0 Å². The molecule has 1 aliphatic heterocycles. The average molecular weight is 293 g/mol. The van der Waals surface area contributed by atoms with E-state index >= 15 is 0 Å². The molecular weight excluding hydrogens is 270 g/mol. The maximum Gasteiger partial charge on any atom is 0.410 e. The van der Waals surface area contributed by atoms with Crippen molar-refractivity contribution in [3.05, 3.63) is 18.1 Å². The zero-order chi connectivity index (χ0) is 15.5. The molecule has 1 fully saturated rings. The Morgan fingerprint density at radius 2 is 1.86 bits per heavy atom. The van der Waals surface area contributed by atoms with Crippen LogP contribution in [0, 0.1) is 0 Å². The third-order valence-electron chi connectivity index (χ3n) is 3.18. The average Bonchev–Trinajstić information content (AvgIpc) is 2.45. The molecule has 0 aliphatic carbocycles. The van der Waals surface area contributed by atoms with E-state index in [4.69, 9.17) is 10.5 Å². The largest absolute Gasteiger partial charge is 0.444 e. The van der Waals surface area contributed by atoms with E-state index in [0.29, 0.717) is 32.7 Å². The number of nitrogens with two attached hydrogens (primary N) is 1. The minimum Gasteiger partial charge on any atom is -0.444 e. The van der Waals surface area contributed by atoms with Crippen LogP contribution in [-0.4, -0.2) is 52.7 Å². The Kier molecular flexibility index (Phi) is 4.62. The second-order valence-corrected chi connectivity index (χ2v) is 5.99. The summed E-state index contributed by atoms with van der Waals surface area (Å²) in [6.07, 6.45) is 3.04. The highest BCUT2D eigenvalue weighted by atomic mass is 16.6. The Balaban J connectivity index is 1.96. The van der Waals surface area contributed by atoms with Gasteiger partial charge in [0.05, 0.1) is 5.69 Å². The molecule has 0 radical (unpaired) electrons. The summed E-state index contributed by atoms with van der Waals surface area (Å²) in [5.74, 6) is 0.809. The molecule has 0 bridgehead atoms. The van der Waals surface area contributed by atoms with Crippen LogP contribution >= 0.6 is 0 Å².